The van der Waals surface area contributed by atoms with E-state index in [-0.39, 0.29) is 18.2 Å². The number of rotatable bonds is 4. The van der Waals surface area contributed by atoms with Gasteiger partial charge in [-0.25, -0.2) is 0 Å². The lowest BCUT2D eigenvalue weighted by atomic mass is 10.1. The smallest absolute Gasteiger partial charge is 0.229 e. The number of amides is 2. The molecule has 0 bridgehead atoms. The Labute approximate surface area is 151 Å². The highest BCUT2D eigenvalue weighted by Crippen LogP contribution is 2.34. The lowest BCUT2D eigenvalue weighted by Crippen LogP contribution is -2.28. The molecule has 1 N–H and O–H groups in total. The van der Waals surface area contributed by atoms with E-state index < -0.39 is 5.92 Å². The van der Waals surface area contributed by atoms with Crippen molar-refractivity contribution in [3.05, 3.63) is 53.1 Å². The summed E-state index contributed by atoms with van der Waals surface area (Å²) in [6, 6.07) is 12.6. The van der Waals surface area contributed by atoms with Gasteiger partial charge < -0.3 is 15.0 Å². The van der Waals surface area contributed by atoms with Crippen molar-refractivity contribution in [1.82, 2.24) is 0 Å². The van der Waals surface area contributed by atoms with Gasteiger partial charge in [0.05, 0.1) is 18.7 Å². The zero-order valence-corrected chi connectivity index (χ0v) is 14.8. The minimum Gasteiger partial charge on any atom is -0.495 e. The van der Waals surface area contributed by atoms with Crippen molar-refractivity contribution < 1.29 is 14.3 Å². The van der Waals surface area contributed by atoms with Crippen LogP contribution >= 0.6 is 11.6 Å². The zero-order chi connectivity index (χ0) is 18.0. The van der Waals surface area contributed by atoms with Gasteiger partial charge in [0, 0.05) is 23.7 Å². The summed E-state index contributed by atoms with van der Waals surface area (Å²) in [5, 5.41) is 3.37. The fourth-order valence-corrected chi connectivity index (χ4v) is 3.13. The van der Waals surface area contributed by atoms with Gasteiger partial charge in [0.15, 0.2) is 0 Å². The van der Waals surface area contributed by atoms with Crippen LogP contribution in [0.4, 0.5) is 11.4 Å². The molecule has 0 unspecified atom stereocenters. The molecule has 25 heavy (non-hydrogen) atoms. The van der Waals surface area contributed by atoms with Crippen molar-refractivity contribution in [3.8, 4) is 5.75 Å². The van der Waals surface area contributed by atoms with Crippen LogP contribution in [0.3, 0.4) is 0 Å². The highest BCUT2D eigenvalue weighted by molar-refractivity contribution is 6.30. The molecule has 1 atom stereocenters. The summed E-state index contributed by atoms with van der Waals surface area (Å²) in [6.45, 7) is 2.28. The van der Waals surface area contributed by atoms with Crippen LogP contribution in [0, 0.1) is 12.8 Å². The second-order valence-electron chi connectivity index (χ2n) is 6.08. The van der Waals surface area contributed by atoms with Gasteiger partial charge in [-0.05, 0) is 42.8 Å². The van der Waals surface area contributed by atoms with E-state index in [1.54, 1.807) is 36.3 Å². The van der Waals surface area contributed by atoms with E-state index in [1.165, 1.54) is 0 Å². The van der Waals surface area contributed by atoms with Crippen LogP contribution in [-0.2, 0) is 9.59 Å². The normalized spacial score (nSPS) is 16.8. The minimum absolute atomic E-state index is 0.0878. The number of nitrogens with zero attached hydrogens (tertiary/aromatic N) is 1. The molecule has 2 aromatic rings. The lowest BCUT2D eigenvalue weighted by Gasteiger charge is -2.20. The number of hydrogen-bond donors (Lipinski definition) is 1. The molecular formula is C19H19ClN2O3. The largest absolute Gasteiger partial charge is 0.495 e. The Morgan fingerprint density at radius 3 is 2.80 bits per heavy atom. The van der Waals surface area contributed by atoms with E-state index in [0.29, 0.717) is 28.7 Å². The molecule has 130 valence electrons. The van der Waals surface area contributed by atoms with Gasteiger partial charge >= 0.3 is 0 Å². The molecule has 0 aromatic heterocycles. The Balaban J connectivity index is 1.76. The maximum Gasteiger partial charge on any atom is 0.229 e. The molecule has 6 heteroatoms. The average Bonchev–Trinajstić information content (AvgIpc) is 2.96. The molecule has 0 spiro atoms. The topological polar surface area (TPSA) is 58.6 Å². The third-order valence-corrected chi connectivity index (χ3v) is 4.45. The highest BCUT2D eigenvalue weighted by atomic mass is 35.5. The number of hydrogen-bond acceptors (Lipinski definition) is 3. The van der Waals surface area contributed by atoms with Crippen LogP contribution in [0.1, 0.15) is 12.0 Å². The van der Waals surface area contributed by atoms with E-state index in [4.69, 9.17) is 16.3 Å². The van der Waals surface area contributed by atoms with Crippen LogP contribution < -0.4 is 15.0 Å². The molecule has 1 aliphatic rings. The number of carbonyl (C=O) groups excluding carboxylic acids is 2. The monoisotopic (exact) mass is 358 g/mol. The molecule has 2 aromatic carbocycles. The van der Waals surface area contributed by atoms with Crippen molar-refractivity contribution in [2.24, 2.45) is 5.92 Å². The number of halogens is 1. The first-order chi connectivity index (χ1) is 12.0. The Morgan fingerprint density at radius 1 is 1.28 bits per heavy atom. The van der Waals surface area contributed by atoms with Crippen LogP contribution in [-0.4, -0.2) is 25.5 Å². The summed E-state index contributed by atoms with van der Waals surface area (Å²) in [5.41, 5.74) is 2.34. The van der Waals surface area contributed by atoms with Crippen LogP contribution in [0.5, 0.6) is 5.75 Å². The molecule has 0 aliphatic carbocycles. The van der Waals surface area contributed by atoms with E-state index in [9.17, 15) is 9.59 Å². The Kier molecular flexibility index (Phi) is 4.95. The predicted molar refractivity (Wildman–Crippen MR) is 98.3 cm³/mol. The van der Waals surface area contributed by atoms with E-state index in [2.05, 4.69) is 5.32 Å². The Bertz CT molecular complexity index is 822. The molecule has 1 fully saturated rings. The van der Waals surface area contributed by atoms with E-state index >= 15 is 0 Å². The molecule has 0 saturated carbocycles. The number of methoxy groups -OCH3 is 1. The van der Waals surface area contributed by atoms with Gasteiger partial charge in [-0.2, -0.15) is 0 Å². The number of benzene rings is 2. The van der Waals surface area contributed by atoms with Gasteiger partial charge in [0.2, 0.25) is 11.8 Å². The second-order valence-corrected chi connectivity index (χ2v) is 6.52. The van der Waals surface area contributed by atoms with Gasteiger partial charge in [-0.1, -0.05) is 23.7 Å². The number of nitrogens with one attached hydrogen (secondary N) is 1. The van der Waals surface area contributed by atoms with Gasteiger partial charge in [0.25, 0.3) is 0 Å². The maximum absolute atomic E-state index is 12.5. The molecule has 1 heterocycles. The first-order valence-corrected chi connectivity index (χ1v) is 8.37. The predicted octanol–water partition coefficient (Wildman–Crippen LogP) is 3.65. The standard InChI is InChI=1S/C19H19ClN2O3/c1-12-6-7-17(25-2)16(8-12)22-11-13(9-18(22)23)19(24)21-15-5-3-4-14(20)10-15/h3-8,10,13H,9,11H2,1-2H3,(H,21,24)/t13-/m1/s1. The molecule has 1 saturated heterocycles. The number of anilines is 2. The molecule has 0 radical (unpaired) electrons. The maximum atomic E-state index is 12.5. The summed E-state index contributed by atoms with van der Waals surface area (Å²) in [5.74, 6) is -0.0774. The van der Waals surface area contributed by atoms with Crippen LogP contribution in [0.25, 0.3) is 0 Å². The Morgan fingerprint density at radius 2 is 2.08 bits per heavy atom. The molecule has 2 amide bonds. The lowest BCUT2D eigenvalue weighted by molar-refractivity contribution is -0.122. The fourth-order valence-electron chi connectivity index (χ4n) is 2.94. The van der Waals surface area contributed by atoms with E-state index in [0.717, 1.165) is 5.56 Å². The van der Waals surface area contributed by atoms with E-state index in [1.807, 2.05) is 25.1 Å². The quantitative estimate of drug-likeness (QED) is 0.907. The molecule has 3 rings (SSSR count). The summed E-state index contributed by atoms with van der Waals surface area (Å²) < 4.78 is 5.36. The van der Waals surface area contributed by atoms with Gasteiger partial charge in [-0.3, -0.25) is 9.59 Å². The fraction of sp³-hybridized carbons (Fsp3) is 0.263. The van der Waals surface area contributed by atoms with Gasteiger partial charge in [0.1, 0.15) is 5.75 Å². The summed E-state index contributed by atoms with van der Waals surface area (Å²) in [4.78, 5) is 26.6. The second kappa shape index (κ2) is 7.15. The van der Waals surface area contributed by atoms with Crippen molar-refractivity contribution in [1.29, 1.82) is 0 Å². The zero-order valence-electron chi connectivity index (χ0n) is 14.1. The average molecular weight is 359 g/mol. The van der Waals surface area contributed by atoms with Crippen LogP contribution in [0.2, 0.25) is 5.02 Å². The third kappa shape index (κ3) is 3.77. The number of carbonyl (C=O) groups is 2. The Hall–Kier alpha value is -2.53. The first-order valence-electron chi connectivity index (χ1n) is 7.99. The number of aryl methyl sites for hydroxylation is 1. The highest BCUT2D eigenvalue weighted by Gasteiger charge is 2.36. The van der Waals surface area contributed by atoms with Gasteiger partial charge in [-0.15, -0.1) is 0 Å². The summed E-state index contributed by atoms with van der Waals surface area (Å²) in [7, 11) is 1.57. The summed E-state index contributed by atoms with van der Waals surface area (Å²) in [6.07, 6.45) is 0.170. The molecular weight excluding hydrogens is 340 g/mol. The van der Waals surface area contributed by atoms with Crippen molar-refractivity contribution in [3.63, 3.8) is 0 Å². The van der Waals surface area contributed by atoms with Crippen molar-refractivity contribution in [2.75, 3.05) is 23.9 Å². The summed E-state index contributed by atoms with van der Waals surface area (Å²) >= 11 is 5.94. The SMILES string of the molecule is COc1ccc(C)cc1N1C[C@H](C(=O)Nc2cccc(Cl)c2)CC1=O. The number of ether oxygens (including phenoxy) is 1. The van der Waals surface area contributed by atoms with Crippen molar-refractivity contribution in [2.45, 2.75) is 13.3 Å². The molecule has 5 nitrogen and oxygen atoms in total. The van der Waals surface area contributed by atoms with Crippen LogP contribution in [0.15, 0.2) is 42.5 Å². The minimum atomic E-state index is -0.420. The van der Waals surface area contributed by atoms with Crippen molar-refractivity contribution >= 4 is 34.8 Å². The first kappa shape index (κ1) is 17.3. The molecule has 1 aliphatic heterocycles. The third-order valence-electron chi connectivity index (χ3n) is 4.21.